The zero-order valence-electron chi connectivity index (χ0n) is 8.30. The fourth-order valence-electron chi connectivity index (χ4n) is 0.982. The van der Waals surface area contributed by atoms with E-state index in [9.17, 15) is 4.79 Å². The minimum atomic E-state index is -1.01. The van der Waals surface area contributed by atoms with E-state index in [4.69, 9.17) is 9.84 Å². The Hall–Kier alpha value is -1.36. The molecule has 5 heteroatoms. The number of aromatic nitrogens is 2. The highest BCUT2D eigenvalue weighted by Crippen LogP contribution is 1.96. The van der Waals surface area contributed by atoms with Crippen molar-refractivity contribution < 1.29 is 14.6 Å². The molecule has 0 fully saturated rings. The lowest BCUT2D eigenvalue weighted by molar-refractivity contribution is 0.0670. The number of aromatic carboxylic acids is 1. The summed E-state index contributed by atoms with van der Waals surface area (Å²) in [5.41, 5.74) is 0.0644. The Labute approximate surface area is 82.3 Å². The van der Waals surface area contributed by atoms with Crippen LogP contribution in [0.4, 0.5) is 0 Å². The van der Waals surface area contributed by atoms with Crippen molar-refractivity contribution in [1.82, 2.24) is 9.78 Å². The van der Waals surface area contributed by atoms with E-state index < -0.39 is 5.97 Å². The summed E-state index contributed by atoms with van der Waals surface area (Å²) in [5, 5.41) is 12.4. The van der Waals surface area contributed by atoms with Crippen LogP contribution in [0, 0.1) is 0 Å². The van der Waals surface area contributed by atoms with Crippen LogP contribution in [0.3, 0.4) is 0 Å². The number of hydrogen-bond donors (Lipinski definition) is 1. The smallest absolute Gasteiger partial charge is 0.356 e. The summed E-state index contributed by atoms with van der Waals surface area (Å²) in [7, 11) is 0. The average molecular weight is 198 g/mol. The summed E-state index contributed by atoms with van der Waals surface area (Å²) in [6, 6.07) is 1.47. The molecule has 0 spiro atoms. The van der Waals surface area contributed by atoms with E-state index in [1.165, 1.54) is 6.07 Å². The van der Waals surface area contributed by atoms with Gasteiger partial charge < -0.3 is 9.84 Å². The topological polar surface area (TPSA) is 64.3 Å². The molecule has 1 heterocycles. The van der Waals surface area contributed by atoms with Gasteiger partial charge in [0, 0.05) is 6.20 Å². The molecule has 0 aromatic carbocycles. The third-order valence-corrected chi connectivity index (χ3v) is 1.63. The number of nitrogens with zero attached hydrogens (tertiary/aromatic N) is 2. The maximum Gasteiger partial charge on any atom is 0.356 e. The van der Waals surface area contributed by atoms with Crippen molar-refractivity contribution in [3.63, 3.8) is 0 Å². The molecule has 0 amide bonds. The lowest BCUT2D eigenvalue weighted by Gasteiger charge is -2.06. The molecule has 78 valence electrons. The van der Waals surface area contributed by atoms with E-state index in [0.717, 1.165) is 0 Å². The molecule has 14 heavy (non-hydrogen) atoms. The van der Waals surface area contributed by atoms with Crippen molar-refractivity contribution in [2.24, 2.45) is 0 Å². The van der Waals surface area contributed by atoms with E-state index in [1.807, 2.05) is 13.8 Å². The molecule has 1 rings (SSSR count). The predicted octanol–water partition coefficient (Wildman–Crippen LogP) is 1.01. The number of ether oxygens (including phenoxy) is 1. The largest absolute Gasteiger partial charge is 0.476 e. The summed E-state index contributed by atoms with van der Waals surface area (Å²) in [5.74, 6) is -1.01. The minimum absolute atomic E-state index is 0.0644. The first-order valence-electron chi connectivity index (χ1n) is 4.48. The summed E-state index contributed by atoms with van der Waals surface area (Å²) >= 11 is 0. The molecular weight excluding hydrogens is 184 g/mol. The molecule has 5 nitrogen and oxygen atoms in total. The van der Waals surface area contributed by atoms with Gasteiger partial charge in [0.1, 0.15) is 0 Å². The molecule has 1 N–H and O–H groups in total. The molecule has 0 radical (unpaired) electrons. The normalized spacial score (nSPS) is 10.8. The van der Waals surface area contributed by atoms with E-state index in [1.54, 1.807) is 10.9 Å². The molecule has 0 bridgehead atoms. The van der Waals surface area contributed by atoms with Crippen LogP contribution in [0.2, 0.25) is 0 Å². The quantitative estimate of drug-likeness (QED) is 0.766. The van der Waals surface area contributed by atoms with Gasteiger partial charge in [-0.2, -0.15) is 5.10 Å². The fourth-order valence-corrected chi connectivity index (χ4v) is 0.982. The van der Waals surface area contributed by atoms with Crippen LogP contribution in [0.25, 0.3) is 0 Å². The average Bonchev–Trinajstić information content (AvgIpc) is 2.52. The van der Waals surface area contributed by atoms with Gasteiger partial charge in [-0.15, -0.1) is 0 Å². The molecule has 0 aliphatic heterocycles. The van der Waals surface area contributed by atoms with Crippen molar-refractivity contribution in [2.45, 2.75) is 26.5 Å². The van der Waals surface area contributed by atoms with Gasteiger partial charge in [-0.3, -0.25) is 4.68 Å². The predicted molar refractivity (Wildman–Crippen MR) is 50.3 cm³/mol. The molecule has 0 aliphatic rings. The van der Waals surface area contributed by atoms with Crippen LogP contribution >= 0.6 is 0 Å². The Kier molecular flexibility index (Phi) is 3.64. The summed E-state index contributed by atoms with van der Waals surface area (Å²) in [6.07, 6.45) is 1.82. The molecule has 0 atom stereocenters. The SMILES string of the molecule is CC(C)OCCn1ccc(C(=O)O)n1. The van der Waals surface area contributed by atoms with E-state index in [-0.39, 0.29) is 11.8 Å². The van der Waals surface area contributed by atoms with E-state index >= 15 is 0 Å². The second-order valence-corrected chi connectivity index (χ2v) is 3.19. The summed E-state index contributed by atoms with van der Waals surface area (Å²) < 4.78 is 6.87. The third kappa shape index (κ3) is 3.18. The van der Waals surface area contributed by atoms with Gasteiger partial charge in [0.15, 0.2) is 5.69 Å². The van der Waals surface area contributed by atoms with Crippen molar-refractivity contribution in [3.8, 4) is 0 Å². The minimum Gasteiger partial charge on any atom is -0.476 e. The number of carboxylic acid groups (broad SMARTS) is 1. The van der Waals surface area contributed by atoms with Gasteiger partial charge in [-0.05, 0) is 19.9 Å². The van der Waals surface area contributed by atoms with Crippen LogP contribution in [0.1, 0.15) is 24.3 Å². The monoisotopic (exact) mass is 198 g/mol. The molecule has 1 aromatic rings. The van der Waals surface area contributed by atoms with Gasteiger partial charge in [-0.25, -0.2) is 4.79 Å². The number of carboxylic acids is 1. The lowest BCUT2D eigenvalue weighted by Crippen LogP contribution is -2.11. The zero-order valence-corrected chi connectivity index (χ0v) is 8.30. The number of rotatable bonds is 5. The highest BCUT2D eigenvalue weighted by molar-refractivity contribution is 5.84. The highest BCUT2D eigenvalue weighted by Gasteiger charge is 2.05. The molecular formula is C9H14N2O3. The lowest BCUT2D eigenvalue weighted by atomic mass is 10.5. The first kappa shape index (κ1) is 10.7. The van der Waals surface area contributed by atoms with Crippen molar-refractivity contribution in [3.05, 3.63) is 18.0 Å². The third-order valence-electron chi connectivity index (χ3n) is 1.63. The fraction of sp³-hybridized carbons (Fsp3) is 0.556. The summed E-state index contributed by atoms with van der Waals surface area (Å²) in [6.45, 7) is 5.02. The van der Waals surface area contributed by atoms with Crippen molar-refractivity contribution in [2.75, 3.05) is 6.61 Å². The van der Waals surface area contributed by atoms with E-state index in [2.05, 4.69) is 5.10 Å². The van der Waals surface area contributed by atoms with Crippen LogP contribution in [0.15, 0.2) is 12.3 Å². The summed E-state index contributed by atoms with van der Waals surface area (Å²) in [4.78, 5) is 10.5. The van der Waals surface area contributed by atoms with Crippen molar-refractivity contribution in [1.29, 1.82) is 0 Å². The standard InChI is InChI=1S/C9H14N2O3/c1-7(2)14-6-5-11-4-3-8(10-11)9(12)13/h3-4,7H,5-6H2,1-2H3,(H,12,13). The molecule has 0 saturated carbocycles. The Morgan fingerprint density at radius 2 is 2.43 bits per heavy atom. The second-order valence-electron chi connectivity index (χ2n) is 3.19. The van der Waals surface area contributed by atoms with Crippen LogP contribution in [-0.4, -0.2) is 33.6 Å². The van der Waals surface area contributed by atoms with Gasteiger partial charge in [-0.1, -0.05) is 0 Å². The van der Waals surface area contributed by atoms with E-state index in [0.29, 0.717) is 13.2 Å². The Balaban J connectivity index is 2.40. The Morgan fingerprint density at radius 1 is 1.71 bits per heavy atom. The molecule has 1 aromatic heterocycles. The number of carbonyl (C=O) groups is 1. The van der Waals surface area contributed by atoms with Crippen LogP contribution in [0.5, 0.6) is 0 Å². The molecule has 0 aliphatic carbocycles. The molecule has 0 saturated heterocycles. The van der Waals surface area contributed by atoms with Crippen LogP contribution in [-0.2, 0) is 11.3 Å². The maximum atomic E-state index is 10.5. The maximum absolute atomic E-state index is 10.5. The van der Waals surface area contributed by atoms with Gasteiger partial charge in [0.2, 0.25) is 0 Å². The van der Waals surface area contributed by atoms with Gasteiger partial charge in [0.25, 0.3) is 0 Å². The molecule has 0 unspecified atom stereocenters. The highest BCUT2D eigenvalue weighted by atomic mass is 16.5. The van der Waals surface area contributed by atoms with Crippen LogP contribution < -0.4 is 0 Å². The first-order chi connectivity index (χ1) is 6.59. The van der Waals surface area contributed by atoms with Gasteiger partial charge in [0.05, 0.1) is 19.3 Å². The van der Waals surface area contributed by atoms with Gasteiger partial charge >= 0.3 is 5.97 Å². The zero-order chi connectivity index (χ0) is 10.6. The Bertz CT molecular complexity index is 307. The second kappa shape index (κ2) is 4.76. The number of hydrogen-bond acceptors (Lipinski definition) is 3. The first-order valence-corrected chi connectivity index (χ1v) is 4.48. The van der Waals surface area contributed by atoms with Crippen molar-refractivity contribution >= 4 is 5.97 Å². The Morgan fingerprint density at radius 3 is 2.93 bits per heavy atom.